The van der Waals surface area contributed by atoms with Gasteiger partial charge in [0.1, 0.15) is 0 Å². The molecule has 4 atom stereocenters. The fourth-order valence-corrected chi connectivity index (χ4v) is 3.83. The third-order valence-electron chi connectivity index (χ3n) is 4.80. The van der Waals surface area contributed by atoms with E-state index < -0.39 is 0 Å². The molecule has 2 aliphatic carbocycles. The molecule has 82 valence electrons. The zero-order chi connectivity index (χ0) is 10.5. The smallest absolute Gasteiger partial charge is 0.0329 e. The minimum atomic E-state index is 0.551. The van der Waals surface area contributed by atoms with E-state index >= 15 is 0 Å². The maximum absolute atomic E-state index is 2.42. The van der Waals surface area contributed by atoms with Crippen LogP contribution in [0.15, 0.2) is 0 Å². The Bertz CT molecular complexity index is 209. The Morgan fingerprint density at radius 1 is 1.00 bits per heavy atom. The molecule has 0 aromatic rings. The number of rotatable bonds is 1. The number of hydrogen-bond donors (Lipinski definition) is 0. The van der Waals surface area contributed by atoms with E-state index in [2.05, 4.69) is 34.6 Å². The van der Waals surface area contributed by atoms with E-state index in [4.69, 9.17) is 0 Å². The SMILES string of the molecule is CC(C)[C@H]1[C@@H]2CC(C(C)(C)C)CC[C@@H]21. The highest BCUT2D eigenvalue weighted by atomic mass is 14.6. The average molecular weight is 194 g/mol. The van der Waals surface area contributed by atoms with Crippen LogP contribution in [0.1, 0.15) is 53.9 Å². The molecular weight excluding hydrogens is 168 g/mol. The first kappa shape index (κ1) is 10.5. The fourth-order valence-electron chi connectivity index (χ4n) is 3.83. The predicted octanol–water partition coefficient (Wildman–Crippen LogP) is 4.35. The summed E-state index contributed by atoms with van der Waals surface area (Å²) in [6, 6.07) is 0. The van der Waals surface area contributed by atoms with Gasteiger partial charge in [0.25, 0.3) is 0 Å². The molecule has 0 heteroatoms. The minimum Gasteiger partial charge on any atom is -0.0625 e. The van der Waals surface area contributed by atoms with E-state index in [1.165, 1.54) is 19.3 Å². The summed E-state index contributed by atoms with van der Waals surface area (Å²) in [5.74, 6) is 5.24. The summed E-state index contributed by atoms with van der Waals surface area (Å²) >= 11 is 0. The summed E-state index contributed by atoms with van der Waals surface area (Å²) < 4.78 is 0. The summed E-state index contributed by atoms with van der Waals surface area (Å²) in [4.78, 5) is 0. The van der Waals surface area contributed by atoms with Crippen molar-refractivity contribution >= 4 is 0 Å². The second-order valence-corrected chi connectivity index (χ2v) is 7.03. The van der Waals surface area contributed by atoms with E-state index in [1.807, 2.05) is 0 Å². The summed E-state index contributed by atoms with van der Waals surface area (Å²) in [5, 5.41) is 0. The van der Waals surface area contributed by atoms with Crippen LogP contribution >= 0.6 is 0 Å². The summed E-state index contributed by atoms with van der Waals surface area (Å²) in [7, 11) is 0. The lowest BCUT2D eigenvalue weighted by atomic mass is 9.72. The first-order chi connectivity index (χ1) is 6.41. The largest absolute Gasteiger partial charge is 0.0625 e. The number of fused-ring (bicyclic) bond motifs is 1. The lowest BCUT2D eigenvalue weighted by molar-refractivity contribution is 0.173. The van der Waals surface area contributed by atoms with Crippen molar-refractivity contribution in [1.29, 1.82) is 0 Å². The highest BCUT2D eigenvalue weighted by Crippen LogP contribution is 2.61. The van der Waals surface area contributed by atoms with Crippen LogP contribution in [0, 0.1) is 35.0 Å². The Morgan fingerprint density at radius 2 is 1.64 bits per heavy atom. The predicted molar refractivity (Wildman–Crippen MR) is 62.1 cm³/mol. The highest BCUT2D eigenvalue weighted by molar-refractivity contribution is 5.03. The van der Waals surface area contributed by atoms with Crippen LogP contribution in [0.2, 0.25) is 0 Å². The zero-order valence-electron chi connectivity index (χ0n) is 10.5. The van der Waals surface area contributed by atoms with Crippen LogP contribution in [-0.2, 0) is 0 Å². The monoisotopic (exact) mass is 194 g/mol. The lowest BCUT2D eigenvalue weighted by Gasteiger charge is -2.33. The third-order valence-corrected chi connectivity index (χ3v) is 4.80. The Hall–Kier alpha value is 0. The van der Waals surface area contributed by atoms with Crippen LogP contribution in [0.25, 0.3) is 0 Å². The van der Waals surface area contributed by atoms with Gasteiger partial charge in [-0.05, 0) is 54.3 Å². The summed E-state index contributed by atoms with van der Waals surface area (Å²) in [6.45, 7) is 12.1. The quantitative estimate of drug-likeness (QED) is 0.582. The molecule has 2 rings (SSSR count). The Balaban J connectivity index is 1.94. The standard InChI is InChI=1S/C14H26/c1-9(2)13-11-7-6-10(8-12(11)13)14(3,4)5/h9-13H,6-8H2,1-5H3/t10?,11-,12+,13+/m0/s1. The highest BCUT2D eigenvalue weighted by Gasteiger charge is 2.54. The molecule has 14 heavy (non-hydrogen) atoms. The normalized spacial score (nSPS) is 42.4. The van der Waals surface area contributed by atoms with Crippen molar-refractivity contribution in [1.82, 2.24) is 0 Å². The molecule has 0 aromatic heterocycles. The van der Waals surface area contributed by atoms with Crippen molar-refractivity contribution in [2.45, 2.75) is 53.9 Å². The first-order valence-corrected chi connectivity index (χ1v) is 6.41. The van der Waals surface area contributed by atoms with E-state index in [0.29, 0.717) is 5.41 Å². The fraction of sp³-hybridized carbons (Fsp3) is 1.00. The number of hydrogen-bond acceptors (Lipinski definition) is 0. The van der Waals surface area contributed by atoms with Gasteiger partial charge in [0.15, 0.2) is 0 Å². The third kappa shape index (κ3) is 1.73. The Labute approximate surface area is 89.5 Å². The summed E-state index contributed by atoms with van der Waals surface area (Å²) in [6.07, 6.45) is 4.54. The van der Waals surface area contributed by atoms with Gasteiger partial charge < -0.3 is 0 Å². The van der Waals surface area contributed by atoms with Crippen LogP contribution in [0.5, 0.6) is 0 Å². The van der Waals surface area contributed by atoms with Crippen molar-refractivity contribution in [3.8, 4) is 0 Å². The molecule has 2 saturated carbocycles. The second kappa shape index (κ2) is 3.25. The molecule has 0 N–H and O–H groups in total. The van der Waals surface area contributed by atoms with Gasteiger partial charge in [0, 0.05) is 0 Å². The lowest BCUT2D eigenvalue weighted by Crippen LogP contribution is -2.23. The molecule has 0 heterocycles. The van der Waals surface area contributed by atoms with E-state index in [-0.39, 0.29) is 0 Å². The van der Waals surface area contributed by atoms with Gasteiger partial charge in [-0.3, -0.25) is 0 Å². The Morgan fingerprint density at radius 3 is 2.14 bits per heavy atom. The van der Waals surface area contributed by atoms with Crippen molar-refractivity contribution in [2.24, 2.45) is 35.0 Å². The molecule has 0 saturated heterocycles. The van der Waals surface area contributed by atoms with E-state index in [0.717, 1.165) is 29.6 Å². The molecular formula is C14H26. The molecule has 0 radical (unpaired) electrons. The van der Waals surface area contributed by atoms with Gasteiger partial charge in [-0.25, -0.2) is 0 Å². The van der Waals surface area contributed by atoms with Gasteiger partial charge in [-0.1, -0.05) is 34.6 Å². The zero-order valence-corrected chi connectivity index (χ0v) is 10.5. The molecule has 2 aliphatic rings. The first-order valence-electron chi connectivity index (χ1n) is 6.41. The van der Waals surface area contributed by atoms with Crippen molar-refractivity contribution < 1.29 is 0 Å². The molecule has 0 amide bonds. The average Bonchev–Trinajstić information content (AvgIpc) is 2.74. The van der Waals surface area contributed by atoms with Crippen LogP contribution in [0.3, 0.4) is 0 Å². The van der Waals surface area contributed by atoms with Gasteiger partial charge in [-0.15, -0.1) is 0 Å². The molecule has 0 nitrogen and oxygen atoms in total. The maximum Gasteiger partial charge on any atom is -0.0329 e. The van der Waals surface area contributed by atoms with Gasteiger partial charge in [0.2, 0.25) is 0 Å². The maximum atomic E-state index is 2.42. The molecule has 0 aliphatic heterocycles. The van der Waals surface area contributed by atoms with E-state index in [1.54, 1.807) is 0 Å². The van der Waals surface area contributed by atoms with E-state index in [9.17, 15) is 0 Å². The second-order valence-electron chi connectivity index (χ2n) is 7.03. The molecule has 0 spiro atoms. The molecule has 1 unspecified atom stereocenters. The molecule has 2 fully saturated rings. The Kier molecular flexibility index (Phi) is 2.44. The molecule has 0 aromatic carbocycles. The van der Waals surface area contributed by atoms with Gasteiger partial charge in [-0.2, -0.15) is 0 Å². The molecule has 0 bridgehead atoms. The van der Waals surface area contributed by atoms with Crippen molar-refractivity contribution in [2.75, 3.05) is 0 Å². The van der Waals surface area contributed by atoms with Crippen LogP contribution in [0.4, 0.5) is 0 Å². The van der Waals surface area contributed by atoms with Gasteiger partial charge in [0.05, 0.1) is 0 Å². The summed E-state index contributed by atoms with van der Waals surface area (Å²) in [5.41, 5.74) is 0.551. The topological polar surface area (TPSA) is 0 Å². The van der Waals surface area contributed by atoms with Gasteiger partial charge >= 0.3 is 0 Å². The van der Waals surface area contributed by atoms with Crippen molar-refractivity contribution in [3.63, 3.8) is 0 Å². The van der Waals surface area contributed by atoms with Crippen molar-refractivity contribution in [3.05, 3.63) is 0 Å². The van der Waals surface area contributed by atoms with Crippen LogP contribution < -0.4 is 0 Å². The minimum absolute atomic E-state index is 0.551. The van der Waals surface area contributed by atoms with Crippen LogP contribution in [-0.4, -0.2) is 0 Å².